The number of hydrogen-bond donors (Lipinski definition) is 2. The highest BCUT2D eigenvalue weighted by Gasteiger charge is 2.44. The van der Waals surface area contributed by atoms with Crippen LogP contribution in [0.25, 0.3) is 0 Å². The topological polar surface area (TPSA) is 49.7 Å². The molecule has 1 fully saturated rings. The van der Waals surface area contributed by atoms with Crippen LogP contribution < -0.4 is 0 Å². The van der Waals surface area contributed by atoms with Crippen molar-refractivity contribution in [3.8, 4) is 0 Å². The molecule has 0 aromatic rings. The summed E-state index contributed by atoms with van der Waals surface area (Å²) in [5, 5.41) is 17.9. The lowest BCUT2D eigenvalue weighted by atomic mass is 9.84. The molecule has 4 atom stereocenters. The summed E-state index contributed by atoms with van der Waals surface area (Å²) in [5.74, 6) is 0.213. The van der Waals surface area contributed by atoms with Gasteiger partial charge in [0.05, 0.1) is 12.2 Å². The number of hydrogen-bond acceptors (Lipinski definition) is 3. The Morgan fingerprint density at radius 1 is 1.00 bits per heavy atom. The molecular weight excluding hydrogens is 144 g/mol. The molecule has 0 aliphatic carbocycles. The van der Waals surface area contributed by atoms with E-state index in [1.54, 1.807) is 0 Å². The second kappa shape index (κ2) is 2.59. The third-order valence-corrected chi connectivity index (χ3v) is 2.62. The van der Waals surface area contributed by atoms with E-state index in [9.17, 15) is 0 Å². The van der Waals surface area contributed by atoms with Crippen LogP contribution in [0.15, 0.2) is 12.2 Å². The van der Waals surface area contributed by atoms with Gasteiger partial charge in [-0.1, -0.05) is 12.2 Å². The maximum atomic E-state index is 8.96. The van der Waals surface area contributed by atoms with Crippen LogP contribution in [0.4, 0.5) is 0 Å². The molecule has 0 radical (unpaired) electrons. The summed E-state index contributed by atoms with van der Waals surface area (Å²) in [6.45, 7) is 0.216. The van der Waals surface area contributed by atoms with Gasteiger partial charge < -0.3 is 14.9 Å². The van der Waals surface area contributed by atoms with Crippen LogP contribution in [0.1, 0.15) is 0 Å². The monoisotopic (exact) mass is 156 g/mol. The van der Waals surface area contributed by atoms with Crippen molar-refractivity contribution < 1.29 is 14.9 Å². The molecule has 0 amide bonds. The van der Waals surface area contributed by atoms with Crippen LogP contribution in [0.3, 0.4) is 0 Å². The van der Waals surface area contributed by atoms with E-state index in [1.807, 2.05) is 12.2 Å². The van der Waals surface area contributed by atoms with Gasteiger partial charge in [0.25, 0.3) is 0 Å². The molecule has 1 saturated heterocycles. The van der Waals surface area contributed by atoms with Crippen molar-refractivity contribution in [2.45, 2.75) is 12.2 Å². The van der Waals surface area contributed by atoms with Gasteiger partial charge in [0.2, 0.25) is 0 Å². The zero-order valence-corrected chi connectivity index (χ0v) is 6.18. The Morgan fingerprint density at radius 2 is 1.45 bits per heavy atom. The fourth-order valence-corrected chi connectivity index (χ4v) is 1.94. The minimum atomic E-state index is 0.0437. The van der Waals surface area contributed by atoms with E-state index in [1.165, 1.54) is 0 Å². The lowest BCUT2D eigenvalue weighted by molar-refractivity contribution is 0.0910. The summed E-state index contributed by atoms with van der Waals surface area (Å²) in [6, 6.07) is 0. The first-order chi connectivity index (χ1) is 5.36. The first-order valence-electron chi connectivity index (χ1n) is 3.92. The molecule has 11 heavy (non-hydrogen) atoms. The third kappa shape index (κ3) is 0.922. The van der Waals surface area contributed by atoms with E-state index in [0.717, 1.165) is 0 Å². The van der Waals surface area contributed by atoms with Crippen molar-refractivity contribution >= 4 is 0 Å². The Bertz CT molecular complexity index is 160. The first-order valence-corrected chi connectivity index (χ1v) is 3.92. The molecule has 2 aliphatic heterocycles. The summed E-state index contributed by atoms with van der Waals surface area (Å²) < 4.78 is 5.45. The summed E-state index contributed by atoms with van der Waals surface area (Å²) in [7, 11) is 0. The molecule has 3 heteroatoms. The van der Waals surface area contributed by atoms with Gasteiger partial charge in [-0.2, -0.15) is 0 Å². The molecule has 2 N–H and O–H groups in total. The molecule has 0 spiro atoms. The van der Waals surface area contributed by atoms with Gasteiger partial charge >= 0.3 is 0 Å². The van der Waals surface area contributed by atoms with Gasteiger partial charge in [-0.15, -0.1) is 0 Å². The van der Waals surface area contributed by atoms with Crippen LogP contribution in [0, 0.1) is 11.8 Å². The number of rotatable bonds is 2. The highest BCUT2D eigenvalue weighted by molar-refractivity contribution is 5.14. The lowest BCUT2D eigenvalue weighted by Gasteiger charge is -2.20. The number of fused-ring (bicyclic) bond motifs is 2. The standard InChI is InChI=1S/C8H12O3/c9-3-5-6(4-10)8-2-1-7(5)11-8/h1-2,5-10H,3-4H2/t5-,6+,7+,8-. The van der Waals surface area contributed by atoms with Crippen LogP contribution >= 0.6 is 0 Å². The summed E-state index contributed by atoms with van der Waals surface area (Å²) in [5.41, 5.74) is 0. The van der Waals surface area contributed by atoms with E-state index in [0.29, 0.717) is 0 Å². The number of aliphatic hydroxyl groups is 2. The largest absolute Gasteiger partial charge is 0.396 e. The summed E-state index contributed by atoms with van der Waals surface area (Å²) >= 11 is 0. The van der Waals surface area contributed by atoms with Crippen molar-refractivity contribution in [3.63, 3.8) is 0 Å². The van der Waals surface area contributed by atoms with Crippen LogP contribution in [-0.2, 0) is 4.74 Å². The Morgan fingerprint density at radius 3 is 1.82 bits per heavy atom. The molecule has 62 valence electrons. The van der Waals surface area contributed by atoms with Crippen molar-refractivity contribution in [3.05, 3.63) is 12.2 Å². The highest BCUT2D eigenvalue weighted by atomic mass is 16.5. The molecule has 0 saturated carbocycles. The van der Waals surface area contributed by atoms with Gasteiger partial charge in [-0.3, -0.25) is 0 Å². The maximum absolute atomic E-state index is 8.96. The molecule has 3 nitrogen and oxygen atoms in total. The third-order valence-electron chi connectivity index (χ3n) is 2.62. The molecule has 0 aromatic heterocycles. The Balaban J connectivity index is 2.15. The molecule has 2 aliphatic rings. The molecule has 0 aromatic carbocycles. The molecular formula is C8H12O3. The molecule has 2 rings (SSSR count). The van der Waals surface area contributed by atoms with Gasteiger partial charge in [-0.05, 0) is 0 Å². The van der Waals surface area contributed by atoms with E-state index in [2.05, 4.69) is 0 Å². The fraction of sp³-hybridized carbons (Fsp3) is 0.750. The van der Waals surface area contributed by atoms with E-state index >= 15 is 0 Å². The zero-order valence-electron chi connectivity index (χ0n) is 6.18. The van der Waals surface area contributed by atoms with Crippen LogP contribution in [0.5, 0.6) is 0 Å². The predicted molar refractivity (Wildman–Crippen MR) is 39.0 cm³/mol. The van der Waals surface area contributed by atoms with Crippen molar-refractivity contribution in [2.24, 2.45) is 11.8 Å². The minimum absolute atomic E-state index is 0.0437. The maximum Gasteiger partial charge on any atom is 0.0819 e. The average molecular weight is 156 g/mol. The Kier molecular flexibility index (Phi) is 1.71. The van der Waals surface area contributed by atoms with E-state index < -0.39 is 0 Å². The zero-order chi connectivity index (χ0) is 7.84. The van der Waals surface area contributed by atoms with E-state index in [4.69, 9.17) is 14.9 Å². The normalized spacial score (nSPS) is 47.1. The van der Waals surface area contributed by atoms with Crippen LogP contribution in [0.2, 0.25) is 0 Å². The highest BCUT2D eigenvalue weighted by Crippen LogP contribution is 2.38. The fourth-order valence-electron chi connectivity index (χ4n) is 1.94. The molecule has 2 heterocycles. The minimum Gasteiger partial charge on any atom is -0.396 e. The Labute approximate surface area is 65.3 Å². The van der Waals surface area contributed by atoms with E-state index in [-0.39, 0.29) is 37.3 Å². The molecule has 2 bridgehead atoms. The van der Waals surface area contributed by atoms with Gasteiger partial charge in [0.1, 0.15) is 0 Å². The van der Waals surface area contributed by atoms with Crippen LogP contribution in [-0.4, -0.2) is 35.6 Å². The van der Waals surface area contributed by atoms with Crippen molar-refractivity contribution in [2.75, 3.05) is 13.2 Å². The van der Waals surface area contributed by atoms with Gasteiger partial charge in [0.15, 0.2) is 0 Å². The van der Waals surface area contributed by atoms with Gasteiger partial charge in [0, 0.05) is 25.0 Å². The summed E-state index contributed by atoms with van der Waals surface area (Å²) in [4.78, 5) is 0. The Hall–Kier alpha value is -0.380. The average Bonchev–Trinajstić information content (AvgIpc) is 2.60. The van der Waals surface area contributed by atoms with Crippen molar-refractivity contribution in [1.29, 1.82) is 0 Å². The predicted octanol–water partition coefficient (Wildman–Crippen LogP) is -0.459. The van der Waals surface area contributed by atoms with Crippen molar-refractivity contribution in [1.82, 2.24) is 0 Å². The van der Waals surface area contributed by atoms with Gasteiger partial charge in [-0.25, -0.2) is 0 Å². The second-order valence-corrected chi connectivity index (χ2v) is 3.14. The quantitative estimate of drug-likeness (QED) is 0.532. The first kappa shape index (κ1) is 7.28. The SMILES string of the molecule is OC[C@@H]1[C@H](CO)[C@H]2C=C[C@@H]1O2. The smallest absolute Gasteiger partial charge is 0.0819 e. The summed E-state index contributed by atoms with van der Waals surface area (Å²) in [6.07, 6.45) is 4.03. The molecule has 0 unspecified atom stereocenters. The second-order valence-electron chi connectivity index (χ2n) is 3.14. The number of aliphatic hydroxyl groups excluding tert-OH is 2. The number of ether oxygens (including phenoxy) is 1. The lowest BCUT2D eigenvalue weighted by Crippen LogP contribution is -2.29.